The molecule has 1 heterocycles. The number of amides is 2. The normalized spacial score (nSPS) is 22.8. The van der Waals surface area contributed by atoms with Gasteiger partial charge >= 0.3 is 6.03 Å². The van der Waals surface area contributed by atoms with Crippen LogP contribution in [0.2, 0.25) is 0 Å². The molecule has 2 aliphatic rings. The molecule has 0 radical (unpaired) electrons. The topological polar surface area (TPSA) is 122 Å². The molecule has 1 N–H and O–H groups in total. The standard InChI is InChI=1S/C20H30N4O6S/c1-16-5-2-3-8-19(16)30-14-9-21-20(25)22-10-12-23(13-11-22)31(28,29)18-7-4-6-17(15-18)24(26)27/h4,6-7,15-16,19H,2-3,5,8-14H2,1H3,(H,21,25). The summed E-state index contributed by atoms with van der Waals surface area (Å²) in [6, 6.07) is 4.76. The van der Waals surface area contributed by atoms with E-state index in [1.54, 1.807) is 4.90 Å². The summed E-state index contributed by atoms with van der Waals surface area (Å²) in [5.41, 5.74) is -0.274. The number of sulfonamides is 1. The minimum absolute atomic E-state index is 0.117. The maximum Gasteiger partial charge on any atom is 0.317 e. The second-order valence-electron chi connectivity index (χ2n) is 8.05. The highest BCUT2D eigenvalue weighted by atomic mass is 32.2. The van der Waals surface area contributed by atoms with E-state index in [4.69, 9.17) is 4.74 Å². The average molecular weight is 455 g/mol. The summed E-state index contributed by atoms with van der Waals surface area (Å²) in [6.45, 7) is 3.84. The van der Waals surface area contributed by atoms with Crippen molar-refractivity contribution in [2.45, 2.75) is 43.6 Å². The molecule has 2 fully saturated rings. The Bertz CT molecular complexity index is 885. The number of nitro benzene ring substituents is 1. The molecule has 2 atom stereocenters. The van der Waals surface area contributed by atoms with Crippen molar-refractivity contribution in [1.29, 1.82) is 0 Å². The van der Waals surface area contributed by atoms with Gasteiger partial charge in [0, 0.05) is 44.9 Å². The van der Waals surface area contributed by atoms with Gasteiger partial charge < -0.3 is 15.0 Å². The summed E-state index contributed by atoms with van der Waals surface area (Å²) in [5.74, 6) is 0.547. The molecule has 1 aromatic rings. The van der Waals surface area contributed by atoms with E-state index in [1.165, 1.54) is 41.8 Å². The van der Waals surface area contributed by atoms with E-state index in [1.807, 2.05) is 0 Å². The molecule has 1 saturated carbocycles. The van der Waals surface area contributed by atoms with Crippen LogP contribution < -0.4 is 5.32 Å². The number of nitrogens with zero attached hydrogens (tertiary/aromatic N) is 3. The van der Waals surface area contributed by atoms with Gasteiger partial charge in [0.15, 0.2) is 0 Å². The predicted molar refractivity (Wildman–Crippen MR) is 114 cm³/mol. The zero-order chi connectivity index (χ0) is 22.4. The molecule has 11 heteroatoms. The molecular formula is C20H30N4O6S. The van der Waals surface area contributed by atoms with Gasteiger partial charge in [-0.1, -0.05) is 25.8 Å². The van der Waals surface area contributed by atoms with Crippen LogP contribution in [0, 0.1) is 16.0 Å². The van der Waals surface area contributed by atoms with E-state index in [0.29, 0.717) is 19.1 Å². The van der Waals surface area contributed by atoms with Crippen LogP contribution in [-0.2, 0) is 14.8 Å². The Morgan fingerprint density at radius 2 is 1.94 bits per heavy atom. The first-order valence-corrected chi connectivity index (χ1v) is 12.1. The third-order valence-corrected chi connectivity index (χ3v) is 7.83. The fraction of sp³-hybridized carbons (Fsp3) is 0.650. The van der Waals surface area contributed by atoms with Crippen molar-refractivity contribution in [3.8, 4) is 0 Å². The lowest BCUT2D eigenvalue weighted by Crippen LogP contribution is -2.53. The fourth-order valence-corrected chi connectivity index (χ4v) is 5.51. The number of rotatable bonds is 7. The Hall–Kier alpha value is -2.24. The van der Waals surface area contributed by atoms with Crippen LogP contribution in [0.4, 0.5) is 10.5 Å². The summed E-state index contributed by atoms with van der Waals surface area (Å²) in [7, 11) is -3.86. The zero-order valence-electron chi connectivity index (χ0n) is 17.7. The van der Waals surface area contributed by atoms with Crippen LogP contribution in [0.25, 0.3) is 0 Å². The van der Waals surface area contributed by atoms with Crippen molar-refractivity contribution in [2.75, 3.05) is 39.3 Å². The lowest BCUT2D eigenvalue weighted by atomic mass is 9.88. The second-order valence-corrected chi connectivity index (χ2v) is 9.99. The maximum atomic E-state index is 12.8. The number of nitrogens with one attached hydrogen (secondary N) is 1. The Morgan fingerprint density at radius 3 is 2.61 bits per heavy atom. The quantitative estimate of drug-likeness (QED) is 0.383. The molecule has 0 spiro atoms. The van der Waals surface area contributed by atoms with Crippen LogP contribution in [0.15, 0.2) is 29.2 Å². The largest absolute Gasteiger partial charge is 0.376 e. The van der Waals surface area contributed by atoms with Gasteiger partial charge in [-0.05, 0) is 24.8 Å². The van der Waals surface area contributed by atoms with Gasteiger partial charge in [0.1, 0.15) is 0 Å². The van der Waals surface area contributed by atoms with Crippen molar-refractivity contribution >= 4 is 21.7 Å². The van der Waals surface area contributed by atoms with E-state index in [2.05, 4.69) is 12.2 Å². The van der Waals surface area contributed by atoms with Crippen molar-refractivity contribution in [3.63, 3.8) is 0 Å². The summed E-state index contributed by atoms with van der Waals surface area (Å²) < 4.78 is 32.7. The molecule has 2 amide bonds. The minimum atomic E-state index is -3.86. The summed E-state index contributed by atoms with van der Waals surface area (Å²) >= 11 is 0. The number of hydrogen-bond donors (Lipinski definition) is 1. The van der Waals surface area contributed by atoms with Crippen LogP contribution in [-0.4, -0.2) is 74.0 Å². The number of nitro groups is 1. The average Bonchev–Trinajstić information content (AvgIpc) is 2.78. The van der Waals surface area contributed by atoms with Gasteiger partial charge in [-0.25, -0.2) is 13.2 Å². The molecule has 10 nitrogen and oxygen atoms in total. The van der Waals surface area contributed by atoms with Crippen molar-refractivity contribution in [2.24, 2.45) is 5.92 Å². The number of benzene rings is 1. The van der Waals surface area contributed by atoms with Crippen molar-refractivity contribution < 1.29 is 22.9 Å². The molecule has 172 valence electrons. The molecule has 1 saturated heterocycles. The van der Waals surface area contributed by atoms with Crippen LogP contribution in [0.5, 0.6) is 0 Å². The number of non-ortho nitro benzene ring substituents is 1. The van der Waals surface area contributed by atoms with Gasteiger partial charge in [-0.3, -0.25) is 10.1 Å². The van der Waals surface area contributed by atoms with Crippen LogP contribution >= 0.6 is 0 Å². The molecule has 1 aliphatic carbocycles. The number of piperazine rings is 1. The molecule has 3 rings (SSSR count). The lowest BCUT2D eigenvalue weighted by Gasteiger charge is -2.34. The number of hydrogen-bond acceptors (Lipinski definition) is 6. The molecule has 1 aromatic carbocycles. The van der Waals surface area contributed by atoms with Crippen molar-refractivity contribution in [3.05, 3.63) is 34.4 Å². The number of ether oxygens (including phenoxy) is 1. The zero-order valence-corrected chi connectivity index (χ0v) is 18.6. The Balaban J connectivity index is 1.44. The Kier molecular flexibility index (Phi) is 7.84. The van der Waals surface area contributed by atoms with Gasteiger partial charge in [0.2, 0.25) is 10.0 Å². The molecular weight excluding hydrogens is 424 g/mol. The summed E-state index contributed by atoms with van der Waals surface area (Å²) in [6.07, 6.45) is 4.94. The van der Waals surface area contributed by atoms with Gasteiger partial charge in [-0.15, -0.1) is 0 Å². The van der Waals surface area contributed by atoms with Gasteiger partial charge in [-0.2, -0.15) is 4.31 Å². The minimum Gasteiger partial charge on any atom is -0.376 e. The van der Waals surface area contributed by atoms with Crippen LogP contribution in [0.1, 0.15) is 32.6 Å². The first kappa shape index (κ1) is 23.4. The highest BCUT2D eigenvalue weighted by molar-refractivity contribution is 7.89. The van der Waals surface area contributed by atoms with E-state index in [-0.39, 0.29) is 48.9 Å². The number of urea groups is 1. The number of carbonyl (C=O) groups excluding carboxylic acids is 1. The first-order valence-electron chi connectivity index (χ1n) is 10.7. The monoisotopic (exact) mass is 454 g/mol. The van der Waals surface area contributed by atoms with Crippen LogP contribution in [0.3, 0.4) is 0 Å². The fourth-order valence-electron chi connectivity index (χ4n) is 4.05. The number of carbonyl (C=O) groups is 1. The maximum absolute atomic E-state index is 12.8. The molecule has 0 bridgehead atoms. The second kappa shape index (κ2) is 10.4. The molecule has 0 aromatic heterocycles. The van der Waals surface area contributed by atoms with Crippen molar-refractivity contribution in [1.82, 2.24) is 14.5 Å². The SMILES string of the molecule is CC1CCCCC1OCCNC(=O)N1CCN(S(=O)(=O)c2cccc([N+](=O)[O-])c2)CC1. The van der Waals surface area contributed by atoms with Gasteiger partial charge in [0.25, 0.3) is 5.69 Å². The Morgan fingerprint density at radius 1 is 1.23 bits per heavy atom. The molecule has 1 aliphatic heterocycles. The third kappa shape index (κ3) is 5.92. The lowest BCUT2D eigenvalue weighted by molar-refractivity contribution is -0.385. The Labute approximate surface area is 182 Å². The first-order chi connectivity index (χ1) is 14.8. The molecule has 31 heavy (non-hydrogen) atoms. The predicted octanol–water partition coefficient (Wildman–Crippen LogP) is 2.21. The van der Waals surface area contributed by atoms with E-state index < -0.39 is 14.9 Å². The smallest absolute Gasteiger partial charge is 0.317 e. The van der Waals surface area contributed by atoms with E-state index in [9.17, 15) is 23.3 Å². The van der Waals surface area contributed by atoms with Gasteiger partial charge in [0.05, 0.1) is 22.5 Å². The van der Waals surface area contributed by atoms with E-state index in [0.717, 1.165) is 12.5 Å². The molecule has 2 unspecified atom stereocenters. The third-order valence-electron chi connectivity index (χ3n) is 5.94. The summed E-state index contributed by atoms with van der Waals surface area (Å²) in [5, 5.41) is 13.8. The highest BCUT2D eigenvalue weighted by Gasteiger charge is 2.31. The highest BCUT2D eigenvalue weighted by Crippen LogP contribution is 2.26. The van der Waals surface area contributed by atoms with E-state index >= 15 is 0 Å². The summed E-state index contributed by atoms with van der Waals surface area (Å²) in [4.78, 5) is 24.1.